The second-order valence-corrected chi connectivity index (χ2v) is 13.7. The van der Waals surface area contributed by atoms with Crippen molar-refractivity contribution in [3.05, 3.63) is 104 Å². The fourth-order valence-electron chi connectivity index (χ4n) is 6.28. The van der Waals surface area contributed by atoms with E-state index in [0.29, 0.717) is 54.7 Å². The molecule has 3 aromatic carbocycles. The predicted octanol–water partition coefficient (Wildman–Crippen LogP) is 8.89. The number of ether oxygens (including phenoxy) is 1. The monoisotopic (exact) mass is 682 g/mol. The van der Waals surface area contributed by atoms with Crippen LogP contribution < -0.4 is 15.5 Å². The van der Waals surface area contributed by atoms with E-state index in [1.165, 1.54) is 6.07 Å². The van der Waals surface area contributed by atoms with Crippen molar-refractivity contribution in [2.75, 3.05) is 43.4 Å². The number of benzene rings is 3. The van der Waals surface area contributed by atoms with Crippen LogP contribution in [0.1, 0.15) is 74.6 Å². The molecule has 1 saturated heterocycles. The molecule has 0 bridgehead atoms. The Morgan fingerprint density at radius 1 is 0.979 bits per heavy atom. The van der Waals surface area contributed by atoms with Crippen LogP contribution in [0.3, 0.4) is 0 Å². The molecular weight excluding hydrogens is 638 g/mol. The zero-order valence-corrected chi connectivity index (χ0v) is 29.5. The van der Waals surface area contributed by atoms with E-state index in [1.807, 2.05) is 59.0 Å². The molecule has 0 radical (unpaired) electrons. The molecule has 2 N–H and O–H groups in total. The number of anilines is 2. The molecular formula is C37H45Cl2FN4O3. The highest BCUT2D eigenvalue weighted by molar-refractivity contribution is 6.31. The summed E-state index contributed by atoms with van der Waals surface area (Å²) in [5.74, 6) is -1.04. The van der Waals surface area contributed by atoms with E-state index in [1.54, 1.807) is 29.2 Å². The van der Waals surface area contributed by atoms with Crippen molar-refractivity contribution >= 4 is 47.1 Å². The van der Waals surface area contributed by atoms with Crippen LogP contribution in [0.25, 0.3) is 0 Å². The van der Waals surface area contributed by atoms with Crippen LogP contribution in [0.5, 0.6) is 0 Å². The van der Waals surface area contributed by atoms with Crippen LogP contribution in [0, 0.1) is 12.7 Å². The van der Waals surface area contributed by atoms with Gasteiger partial charge in [-0.05, 0) is 105 Å². The van der Waals surface area contributed by atoms with Crippen molar-refractivity contribution < 1.29 is 18.7 Å². The average molecular weight is 684 g/mol. The lowest BCUT2D eigenvalue weighted by Crippen LogP contribution is -2.50. The standard InChI is InChI=1S/C37H45Cl2FN4O3/c1-7-8-28(41-6)22-32(35(30-21-27(40)12-9-24(30)2)29-13-10-26(39)20-33(29)42-23-45)31-19-25(38)11-14-34(31)43-15-17-44(18-16-43)36(46)47-37(3,4)5/h8-14,19-21,23,32,35,41H,7,15-18,22H2,1-6H3,(H,42,45)/b28-8+. The molecule has 10 heteroatoms. The third-order valence-electron chi connectivity index (χ3n) is 8.42. The predicted molar refractivity (Wildman–Crippen MR) is 190 cm³/mol. The van der Waals surface area contributed by atoms with Gasteiger partial charge in [0.25, 0.3) is 0 Å². The summed E-state index contributed by atoms with van der Waals surface area (Å²) in [4.78, 5) is 28.7. The zero-order chi connectivity index (χ0) is 34.3. The van der Waals surface area contributed by atoms with Gasteiger partial charge in [-0.2, -0.15) is 0 Å². The summed E-state index contributed by atoms with van der Waals surface area (Å²) < 4.78 is 20.7. The van der Waals surface area contributed by atoms with Crippen LogP contribution in [0.2, 0.25) is 10.0 Å². The summed E-state index contributed by atoms with van der Waals surface area (Å²) in [5.41, 5.74) is 5.45. The maximum Gasteiger partial charge on any atom is 0.410 e. The van der Waals surface area contributed by atoms with E-state index in [0.717, 1.165) is 40.1 Å². The molecule has 1 aliphatic rings. The minimum Gasteiger partial charge on any atom is -0.444 e. The number of hydrogen-bond acceptors (Lipinski definition) is 5. The van der Waals surface area contributed by atoms with Crippen molar-refractivity contribution in [1.82, 2.24) is 10.2 Å². The normalized spacial score (nSPS) is 15.2. The average Bonchev–Trinajstić information content (AvgIpc) is 3.02. The van der Waals surface area contributed by atoms with Crippen LogP contribution in [-0.4, -0.2) is 56.2 Å². The van der Waals surface area contributed by atoms with Crippen molar-refractivity contribution in [1.29, 1.82) is 0 Å². The van der Waals surface area contributed by atoms with Gasteiger partial charge in [0.2, 0.25) is 6.41 Å². The second-order valence-electron chi connectivity index (χ2n) is 12.8. The molecule has 1 aliphatic heterocycles. The van der Waals surface area contributed by atoms with Gasteiger partial charge in [-0.3, -0.25) is 4.79 Å². The fourth-order valence-corrected chi connectivity index (χ4v) is 6.63. The lowest BCUT2D eigenvalue weighted by atomic mass is 9.72. The highest BCUT2D eigenvalue weighted by Crippen LogP contribution is 2.49. The quantitative estimate of drug-likeness (QED) is 0.198. The molecule has 3 aromatic rings. The molecule has 252 valence electrons. The zero-order valence-electron chi connectivity index (χ0n) is 28.0. The highest BCUT2D eigenvalue weighted by Gasteiger charge is 2.34. The number of piperazine rings is 1. The molecule has 0 aromatic heterocycles. The van der Waals surface area contributed by atoms with Gasteiger partial charge in [0.05, 0.1) is 0 Å². The van der Waals surface area contributed by atoms with Crippen molar-refractivity contribution in [2.24, 2.45) is 0 Å². The van der Waals surface area contributed by atoms with Crippen LogP contribution in [-0.2, 0) is 9.53 Å². The minimum atomic E-state index is -0.578. The highest BCUT2D eigenvalue weighted by atomic mass is 35.5. The number of nitrogens with one attached hydrogen (secondary N) is 2. The summed E-state index contributed by atoms with van der Waals surface area (Å²) in [6.07, 6.45) is 3.85. The Morgan fingerprint density at radius 2 is 1.66 bits per heavy atom. The van der Waals surface area contributed by atoms with Gasteiger partial charge < -0.3 is 25.2 Å². The summed E-state index contributed by atoms with van der Waals surface area (Å²) >= 11 is 13.2. The number of allylic oxidation sites excluding steroid dienone is 2. The van der Waals surface area contributed by atoms with Gasteiger partial charge >= 0.3 is 6.09 Å². The summed E-state index contributed by atoms with van der Waals surface area (Å²) in [6.45, 7) is 11.8. The molecule has 1 fully saturated rings. The van der Waals surface area contributed by atoms with E-state index in [2.05, 4.69) is 28.5 Å². The number of nitrogens with zero attached hydrogens (tertiary/aromatic N) is 2. The number of rotatable bonds is 11. The lowest BCUT2D eigenvalue weighted by molar-refractivity contribution is -0.105. The van der Waals surface area contributed by atoms with E-state index < -0.39 is 11.5 Å². The third-order valence-corrected chi connectivity index (χ3v) is 8.89. The largest absolute Gasteiger partial charge is 0.444 e. The molecule has 7 nitrogen and oxygen atoms in total. The van der Waals surface area contributed by atoms with Crippen molar-refractivity contribution in [3.63, 3.8) is 0 Å². The SMILES string of the molecule is CC/C=C(\CC(c1cc(Cl)ccc1N1CCN(C(=O)OC(C)(C)C)CC1)C(c1cc(F)ccc1C)c1ccc(Cl)cc1NC=O)NC. The van der Waals surface area contributed by atoms with E-state index in [9.17, 15) is 9.59 Å². The van der Waals surface area contributed by atoms with E-state index in [4.69, 9.17) is 27.9 Å². The Bertz CT molecular complexity index is 1600. The Hall–Kier alpha value is -3.75. The molecule has 47 heavy (non-hydrogen) atoms. The number of hydrogen-bond donors (Lipinski definition) is 2. The third kappa shape index (κ3) is 9.20. The number of aryl methyl sites for hydroxylation is 1. The number of carbonyl (C=O) groups excluding carboxylic acids is 2. The molecule has 0 saturated carbocycles. The van der Waals surface area contributed by atoms with Crippen LogP contribution >= 0.6 is 23.2 Å². The fraction of sp³-hybridized carbons (Fsp3) is 0.405. The first-order valence-corrected chi connectivity index (χ1v) is 16.8. The molecule has 2 atom stereocenters. The summed E-state index contributed by atoms with van der Waals surface area (Å²) in [7, 11) is 1.90. The first kappa shape index (κ1) is 36.1. The number of amides is 2. The van der Waals surface area contributed by atoms with Crippen molar-refractivity contribution in [2.45, 2.75) is 64.9 Å². The Balaban J connectivity index is 1.91. The van der Waals surface area contributed by atoms with Gasteiger partial charge in [-0.15, -0.1) is 0 Å². The topological polar surface area (TPSA) is 73.9 Å². The van der Waals surface area contributed by atoms with Gasteiger partial charge in [-0.1, -0.05) is 48.3 Å². The first-order chi connectivity index (χ1) is 22.3. The summed E-state index contributed by atoms with van der Waals surface area (Å²) in [5, 5.41) is 7.26. The number of halogens is 3. The molecule has 4 rings (SSSR count). The van der Waals surface area contributed by atoms with Gasteiger partial charge in [0, 0.05) is 72.2 Å². The van der Waals surface area contributed by atoms with Gasteiger partial charge in [-0.25, -0.2) is 9.18 Å². The molecule has 0 spiro atoms. The molecule has 2 amide bonds. The molecule has 2 unspecified atom stereocenters. The van der Waals surface area contributed by atoms with Gasteiger partial charge in [0.1, 0.15) is 11.4 Å². The first-order valence-electron chi connectivity index (χ1n) is 16.0. The van der Waals surface area contributed by atoms with E-state index in [-0.39, 0.29) is 17.8 Å². The van der Waals surface area contributed by atoms with Crippen LogP contribution in [0.4, 0.5) is 20.6 Å². The Labute approximate surface area is 288 Å². The Morgan fingerprint density at radius 3 is 2.30 bits per heavy atom. The maximum atomic E-state index is 15.1. The number of carbonyl (C=O) groups is 2. The second kappa shape index (κ2) is 15.9. The minimum absolute atomic E-state index is 0.272. The lowest BCUT2D eigenvalue weighted by Gasteiger charge is -2.39. The van der Waals surface area contributed by atoms with Gasteiger partial charge in [0.15, 0.2) is 0 Å². The van der Waals surface area contributed by atoms with Crippen LogP contribution in [0.15, 0.2) is 66.4 Å². The maximum absolute atomic E-state index is 15.1. The molecule has 1 heterocycles. The smallest absolute Gasteiger partial charge is 0.410 e. The van der Waals surface area contributed by atoms with E-state index >= 15 is 4.39 Å². The Kier molecular flexibility index (Phi) is 12.2. The van der Waals surface area contributed by atoms with Crippen molar-refractivity contribution in [3.8, 4) is 0 Å². The molecule has 0 aliphatic carbocycles. The summed E-state index contributed by atoms with van der Waals surface area (Å²) in [6, 6.07) is 16.1.